The zero-order valence-electron chi connectivity index (χ0n) is 21.3. The number of hydroxylamine groups is 2. The number of hydrogen-bond donors (Lipinski definition) is 3. The third-order valence-electron chi connectivity index (χ3n) is 5.86. The summed E-state index contributed by atoms with van der Waals surface area (Å²) in [6.45, 7) is 19.4. The van der Waals surface area contributed by atoms with Gasteiger partial charge in [-0.05, 0) is 49.4 Å². The number of aliphatic hydroxyl groups is 1. The van der Waals surface area contributed by atoms with Gasteiger partial charge in [-0.2, -0.15) is 5.06 Å². The zero-order valence-corrected chi connectivity index (χ0v) is 22.9. The summed E-state index contributed by atoms with van der Waals surface area (Å²) in [5, 5.41) is 25.7. The van der Waals surface area contributed by atoms with Gasteiger partial charge < -0.3 is 20.4 Å². The fourth-order valence-corrected chi connectivity index (χ4v) is 6.30. The first-order valence-electron chi connectivity index (χ1n) is 11.7. The maximum absolute atomic E-state index is 10.7. The summed E-state index contributed by atoms with van der Waals surface area (Å²) in [7, 11) is 3.69. The number of benzene rings is 1. The molecule has 0 saturated carbocycles. The standard InChI is InChI=1S/C23H36N2O3S2.C3H6/c1-7-25(27)23(5,6)11-17(22(2,3)4)12-24-13-18(26)20-8-15-10-21-16(14-29-30-21)9-19(15)28-20;1-3-2/h9-11,18,20,24,26-27H,7-8,12-14H2,1-6H3;3H,1H2,2H3/b17-11-;. The van der Waals surface area contributed by atoms with Gasteiger partial charge in [-0.25, -0.2) is 0 Å². The van der Waals surface area contributed by atoms with Crippen molar-refractivity contribution in [2.45, 2.75) is 83.3 Å². The van der Waals surface area contributed by atoms with Crippen LogP contribution in [0.15, 0.2) is 41.3 Å². The van der Waals surface area contributed by atoms with Crippen LogP contribution in [-0.2, 0) is 12.2 Å². The van der Waals surface area contributed by atoms with Crippen LogP contribution in [-0.4, -0.2) is 52.8 Å². The van der Waals surface area contributed by atoms with Crippen molar-refractivity contribution >= 4 is 21.6 Å². The molecule has 3 N–H and O–H groups in total. The van der Waals surface area contributed by atoms with Crippen LogP contribution in [0.25, 0.3) is 0 Å². The first-order chi connectivity index (χ1) is 15.4. The average Bonchev–Trinajstić information content (AvgIpc) is 3.36. The number of fused-ring (bicyclic) bond motifs is 2. The summed E-state index contributed by atoms with van der Waals surface area (Å²) >= 11 is 0. The Hall–Kier alpha value is -0.960. The lowest BCUT2D eigenvalue weighted by molar-refractivity contribution is -0.141. The van der Waals surface area contributed by atoms with Crippen molar-refractivity contribution in [1.82, 2.24) is 10.4 Å². The monoisotopic (exact) mass is 494 g/mol. The molecular formula is C26H42N2O3S2. The van der Waals surface area contributed by atoms with Crippen LogP contribution in [0.1, 0.15) is 59.6 Å². The summed E-state index contributed by atoms with van der Waals surface area (Å²) in [6, 6.07) is 4.38. The molecule has 0 saturated heterocycles. The fraction of sp³-hybridized carbons (Fsp3) is 0.615. The van der Waals surface area contributed by atoms with Crippen molar-refractivity contribution in [2.75, 3.05) is 19.6 Å². The minimum Gasteiger partial charge on any atom is -0.487 e. The Balaban J connectivity index is 0.00000122. The van der Waals surface area contributed by atoms with E-state index >= 15 is 0 Å². The summed E-state index contributed by atoms with van der Waals surface area (Å²) < 4.78 is 6.08. The third kappa shape index (κ3) is 7.77. The molecule has 0 bridgehead atoms. The Morgan fingerprint density at radius 1 is 1.30 bits per heavy atom. The number of aliphatic hydroxyl groups excluding tert-OH is 1. The Bertz CT molecular complexity index is 801. The van der Waals surface area contributed by atoms with Crippen LogP contribution >= 0.6 is 21.6 Å². The van der Waals surface area contributed by atoms with Gasteiger partial charge in [-0.15, -0.1) is 6.58 Å². The van der Waals surface area contributed by atoms with Crippen LogP contribution in [0.4, 0.5) is 0 Å². The van der Waals surface area contributed by atoms with Crippen LogP contribution in [0.2, 0.25) is 0 Å². The van der Waals surface area contributed by atoms with E-state index in [1.54, 1.807) is 6.08 Å². The highest BCUT2D eigenvalue weighted by Gasteiger charge is 2.31. The van der Waals surface area contributed by atoms with Gasteiger partial charge in [0.1, 0.15) is 18.0 Å². The number of rotatable bonds is 8. The molecule has 2 heterocycles. The lowest BCUT2D eigenvalue weighted by atomic mass is 9.83. The van der Waals surface area contributed by atoms with Gasteiger partial charge in [0.2, 0.25) is 0 Å². The highest BCUT2D eigenvalue weighted by atomic mass is 33.1. The Morgan fingerprint density at radius 3 is 2.58 bits per heavy atom. The summed E-state index contributed by atoms with van der Waals surface area (Å²) in [6.07, 6.45) is 3.85. The SMILES string of the molecule is C=CC.CCN(O)C(C)(C)/C=C(/CNCC(O)C1Cc2cc3c(cc2O1)CSS3)C(C)(C)C. The zero-order chi connectivity index (χ0) is 24.8. The molecule has 0 aliphatic carbocycles. The molecule has 0 radical (unpaired) electrons. The number of ether oxygens (including phenoxy) is 1. The van der Waals surface area contributed by atoms with Gasteiger partial charge in [0, 0.05) is 36.7 Å². The van der Waals surface area contributed by atoms with Gasteiger partial charge in [0.15, 0.2) is 0 Å². The third-order valence-corrected chi connectivity index (χ3v) is 8.21. The molecule has 186 valence electrons. The van der Waals surface area contributed by atoms with E-state index in [9.17, 15) is 10.3 Å². The minimum atomic E-state index is -0.575. The second-order valence-corrected chi connectivity index (χ2v) is 12.5. The summed E-state index contributed by atoms with van der Waals surface area (Å²) in [4.78, 5) is 1.34. The molecule has 3 rings (SSSR count). The van der Waals surface area contributed by atoms with Gasteiger partial charge in [-0.3, -0.25) is 0 Å². The molecule has 1 aromatic carbocycles. The quantitative estimate of drug-likeness (QED) is 0.238. The normalized spacial score (nSPS) is 18.8. The molecule has 2 atom stereocenters. The van der Waals surface area contributed by atoms with E-state index in [1.165, 1.54) is 26.7 Å². The number of allylic oxidation sites excluding steroid dienone is 1. The first kappa shape index (κ1) is 28.3. The number of nitrogens with zero attached hydrogens (tertiary/aromatic N) is 1. The molecule has 0 aromatic heterocycles. The van der Waals surface area contributed by atoms with Crippen LogP contribution in [0, 0.1) is 5.41 Å². The van der Waals surface area contributed by atoms with E-state index in [0.29, 0.717) is 19.6 Å². The molecule has 0 fully saturated rings. The average molecular weight is 495 g/mol. The highest BCUT2D eigenvalue weighted by molar-refractivity contribution is 8.76. The molecule has 2 unspecified atom stereocenters. The molecule has 2 aliphatic rings. The van der Waals surface area contributed by atoms with Crippen LogP contribution in [0.5, 0.6) is 5.75 Å². The maximum Gasteiger partial charge on any atom is 0.130 e. The molecule has 1 aromatic rings. The molecule has 2 aliphatic heterocycles. The van der Waals surface area contributed by atoms with Gasteiger partial charge in [0.05, 0.1) is 5.54 Å². The Kier molecular flexibility index (Phi) is 10.4. The van der Waals surface area contributed by atoms with E-state index in [2.05, 4.69) is 50.9 Å². The van der Waals surface area contributed by atoms with Crippen molar-refractivity contribution < 1.29 is 15.1 Å². The fourth-order valence-electron chi connectivity index (χ4n) is 3.82. The Morgan fingerprint density at radius 2 is 1.97 bits per heavy atom. The van der Waals surface area contributed by atoms with E-state index in [-0.39, 0.29) is 11.5 Å². The van der Waals surface area contributed by atoms with Gasteiger partial charge in [0.25, 0.3) is 0 Å². The lowest BCUT2D eigenvalue weighted by Crippen LogP contribution is -2.42. The number of hydrogen-bond acceptors (Lipinski definition) is 7. The molecule has 0 amide bonds. The largest absolute Gasteiger partial charge is 0.487 e. The van der Waals surface area contributed by atoms with Crippen LogP contribution < -0.4 is 10.1 Å². The van der Waals surface area contributed by atoms with Gasteiger partial charge in [-0.1, -0.05) is 67.0 Å². The van der Waals surface area contributed by atoms with Crippen molar-refractivity contribution in [3.8, 4) is 5.75 Å². The topological polar surface area (TPSA) is 65.0 Å². The second-order valence-electron chi connectivity index (χ2n) is 10.2. The van der Waals surface area contributed by atoms with E-state index in [4.69, 9.17) is 4.74 Å². The predicted molar refractivity (Wildman–Crippen MR) is 142 cm³/mol. The predicted octanol–water partition coefficient (Wildman–Crippen LogP) is 5.85. The first-order valence-corrected chi connectivity index (χ1v) is 14.0. The van der Waals surface area contributed by atoms with Crippen LogP contribution in [0.3, 0.4) is 0 Å². The highest BCUT2D eigenvalue weighted by Crippen LogP contribution is 2.47. The van der Waals surface area contributed by atoms with Crippen molar-refractivity contribution in [1.29, 1.82) is 0 Å². The minimum absolute atomic E-state index is 0.0415. The summed E-state index contributed by atoms with van der Waals surface area (Å²) in [5.74, 6) is 1.95. The van der Waals surface area contributed by atoms with Crippen molar-refractivity contribution in [3.05, 3.63) is 47.6 Å². The lowest BCUT2D eigenvalue weighted by Gasteiger charge is -2.34. The molecule has 33 heavy (non-hydrogen) atoms. The number of nitrogens with one attached hydrogen (secondary N) is 1. The second kappa shape index (κ2) is 12.1. The van der Waals surface area contributed by atoms with Crippen molar-refractivity contribution in [3.63, 3.8) is 0 Å². The molecule has 5 nitrogen and oxygen atoms in total. The van der Waals surface area contributed by atoms with E-state index in [1.807, 2.05) is 49.3 Å². The molecule has 0 spiro atoms. The maximum atomic E-state index is 10.7. The van der Waals surface area contributed by atoms with Crippen molar-refractivity contribution in [2.24, 2.45) is 5.41 Å². The van der Waals surface area contributed by atoms with E-state index in [0.717, 1.165) is 17.9 Å². The van der Waals surface area contributed by atoms with Gasteiger partial charge >= 0.3 is 0 Å². The molecule has 7 heteroatoms. The molecular weight excluding hydrogens is 452 g/mol. The Labute approximate surface area is 208 Å². The van der Waals surface area contributed by atoms with E-state index < -0.39 is 11.6 Å². The summed E-state index contributed by atoms with van der Waals surface area (Å²) in [5.41, 5.74) is 3.25. The number of likely N-dealkylation sites (N-methyl/N-ethyl adjacent to an activating group) is 1. The smallest absolute Gasteiger partial charge is 0.130 e.